The van der Waals surface area contributed by atoms with Crippen LogP contribution in [0.2, 0.25) is 5.02 Å². The highest BCUT2D eigenvalue weighted by atomic mass is 35.5. The van der Waals surface area contributed by atoms with Crippen LogP contribution in [0, 0.1) is 0 Å². The van der Waals surface area contributed by atoms with E-state index < -0.39 is 29.5 Å². The molecule has 0 aliphatic carbocycles. The fourth-order valence-corrected chi connectivity index (χ4v) is 3.29. The third-order valence-electron chi connectivity index (χ3n) is 4.82. The number of nitrogens with one attached hydrogen (secondary N) is 1. The molecule has 0 aliphatic rings. The normalized spacial score (nSPS) is 11.1. The lowest BCUT2D eigenvalue weighted by atomic mass is 10.2. The van der Waals surface area contributed by atoms with Crippen LogP contribution in [0.5, 0.6) is 17.5 Å². The topological polar surface area (TPSA) is 106 Å². The average molecular weight is 517 g/mol. The van der Waals surface area contributed by atoms with Gasteiger partial charge >= 0.3 is 18.2 Å². The molecular weight excluding hydrogens is 501 g/mol. The molecule has 0 bridgehead atoms. The number of hydrogen-bond donors (Lipinski definition) is 2. The van der Waals surface area contributed by atoms with E-state index in [1.807, 2.05) is 0 Å². The highest BCUT2D eigenvalue weighted by Crippen LogP contribution is 2.41. The number of carboxylic acid groups (broad SMARTS) is 1. The zero-order valence-electron chi connectivity index (χ0n) is 18.4. The summed E-state index contributed by atoms with van der Waals surface area (Å²) in [5.74, 6) is -1.15. The number of carboxylic acids is 1. The Morgan fingerprint density at radius 2 is 1.67 bits per heavy atom. The zero-order chi connectivity index (χ0) is 25.9. The van der Waals surface area contributed by atoms with Gasteiger partial charge in [0.25, 0.3) is 0 Å². The van der Waals surface area contributed by atoms with Crippen LogP contribution in [-0.2, 0) is 6.18 Å². The zero-order valence-corrected chi connectivity index (χ0v) is 19.1. The van der Waals surface area contributed by atoms with Crippen LogP contribution in [0.25, 0.3) is 11.4 Å². The van der Waals surface area contributed by atoms with E-state index in [0.717, 1.165) is 12.1 Å². The quantitative estimate of drug-likeness (QED) is 0.288. The molecule has 0 spiro atoms. The maximum atomic E-state index is 13.5. The van der Waals surface area contributed by atoms with Crippen molar-refractivity contribution < 1.29 is 32.5 Å². The van der Waals surface area contributed by atoms with Crippen LogP contribution >= 0.6 is 11.6 Å². The lowest BCUT2D eigenvalue weighted by molar-refractivity contribution is -0.138. The van der Waals surface area contributed by atoms with E-state index in [-0.39, 0.29) is 22.4 Å². The van der Waals surface area contributed by atoms with Gasteiger partial charge in [0.05, 0.1) is 23.3 Å². The van der Waals surface area contributed by atoms with Crippen molar-refractivity contribution in [3.8, 4) is 28.9 Å². The van der Waals surface area contributed by atoms with E-state index in [9.17, 15) is 18.0 Å². The van der Waals surface area contributed by atoms with Crippen molar-refractivity contribution in [2.45, 2.75) is 6.18 Å². The first-order valence-corrected chi connectivity index (χ1v) is 10.6. The van der Waals surface area contributed by atoms with Gasteiger partial charge in [0.15, 0.2) is 11.6 Å². The van der Waals surface area contributed by atoms with Gasteiger partial charge in [-0.25, -0.2) is 4.79 Å². The molecule has 4 rings (SSSR count). The summed E-state index contributed by atoms with van der Waals surface area (Å²) in [6, 6.07) is 15.1. The summed E-state index contributed by atoms with van der Waals surface area (Å²) in [5.41, 5.74) is -0.105. The third-order valence-corrected chi connectivity index (χ3v) is 5.11. The van der Waals surface area contributed by atoms with Crippen molar-refractivity contribution >= 4 is 29.2 Å². The molecular formula is C24H16ClF3N4O4. The number of hydrogen-bond acceptors (Lipinski definition) is 7. The van der Waals surface area contributed by atoms with Crippen LogP contribution < -0.4 is 14.8 Å². The molecule has 184 valence electrons. The molecule has 1 aromatic heterocycles. The molecule has 0 unspecified atom stereocenters. The summed E-state index contributed by atoms with van der Waals surface area (Å²) in [7, 11) is 1.50. The number of halogens is 4. The van der Waals surface area contributed by atoms with Crippen molar-refractivity contribution in [3.63, 3.8) is 0 Å². The third kappa shape index (κ3) is 5.63. The Labute approximate surface area is 207 Å². The van der Waals surface area contributed by atoms with E-state index in [0.29, 0.717) is 17.0 Å². The van der Waals surface area contributed by atoms with Gasteiger partial charge in [0, 0.05) is 11.3 Å². The minimum Gasteiger partial charge on any atom is -0.497 e. The predicted octanol–water partition coefficient (Wildman–Crippen LogP) is 6.45. The fourth-order valence-electron chi connectivity index (χ4n) is 3.08. The molecule has 0 aliphatic heterocycles. The van der Waals surface area contributed by atoms with Gasteiger partial charge in [-0.05, 0) is 60.7 Å². The Hall–Kier alpha value is -4.38. The predicted molar refractivity (Wildman–Crippen MR) is 125 cm³/mol. The molecule has 8 nitrogen and oxygen atoms in total. The standard InChI is InChI=1S/C24H16ClF3N4O4/c1-35-16-11-7-13(8-12-16)20-30-22(29-15-9-5-14(6-10-15)21(33)34)32-23(31-20)36-19-17(24(26,27)28)3-2-4-18(19)25/h2-12H,1H3,(H,33,34)(H,29,30,31,32). The van der Waals surface area contributed by atoms with Crippen LogP contribution in [0.4, 0.5) is 24.8 Å². The van der Waals surface area contributed by atoms with Crippen molar-refractivity contribution in [3.05, 3.63) is 82.9 Å². The summed E-state index contributed by atoms with van der Waals surface area (Å²) >= 11 is 6.01. The van der Waals surface area contributed by atoms with Crippen LogP contribution in [-0.4, -0.2) is 33.1 Å². The Morgan fingerprint density at radius 3 is 2.28 bits per heavy atom. The fraction of sp³-hybridized carbons (Fsp3) is 0.0833. The summed E-state index contributed by atoms with van der Waals surface area (Å²) in [6.45, 7) is 0. The second-order valence-electron chi connectivity index (χ2n) is 7.22. The van der Waals surface area contributed by atoms with E-state index in [1.54, 1.807) is 24.3 Å². The molecule has 36 heavy (non-hydrogen) atoms. The second kappa shape index (κ2) is 10.1. The number of methoxy groups -OCH3 is 1. The van der Waals surface area contributed by atoms with Gasteiger partial charge < -0.3 is 19.9 Å². The molecule has 12 heteroatoms. The molecule has 0 radical (unpaired) electrons. The van der Waals surface area contributed by atoms with Gasteiger partial charge in [0.2, 0.25) is 5.95 Å². The Kier molecular flexibility index (Phi) is 6.93. The number of ether oxygens (including phenoxy) is 2. The summed E-state index contributed by atoms with van der Waals surface area (Å²) < 4.78 is 51.2. The molecule has 0 fully saturated rings. The molecule has 0 saturated heterocycles. The van der Waals surface area contributed by atoms with Gasteiger partial charge in [-0.3, -0.25) is 0 Å². The highest BCUT2D eigenvalue weighted by Gasteiger charge is 2.36. The number of para-hydroxylation sites is 1. The monoisotopic (exact) mass is 516 g/mol. The Balaban J connectivity index is 1.76. The van der Waals surface area contributed by atoms with Crippen LogP contribution in [0.3, 0.4) is 0 Å². The Bertz CT molecular complexity index is 1400. The van der Waals surface area contributed by atoms with Gasteiger partial charge in [-0.15, -0.1) is 0 Å². The Morgan fingerprint density at radius 1 is 0.972 bits per heavy atom. The molecule has 1 heterocycles. The first kappa shape index (κ1) is 24.7. The lowest BCUT2D eigenvalue weighted by Crippen LogP contribution is -2.09. The van der Waals surface area contributed by atoms with Crippen molar-refractivity contribution in [1.82, 2.24) is 15.0 Å². The van der Waals surface area contributed by atoms with Gasteiger partial charge in [-0.1, -0.05) is 17.7 Å². The number of benzene rings is 3. The summed E-state index contributed by atoms with van der Waals surface area (Å²) in [4.78, 5) is 23.7. The summed E-state index contributed by atoms with van der Waals surface area (Å²) in [6.07, 6.45) is -4.74. The molecule has 0 saturated carbocycles. The molecule has 0 amide bonds. The molecule has 4 aromatic rings. The largest absolute Gasteiger partial charge is 0.497 e. The molecule has 0 atom stereocenters. The number of nitrogens with zero attached hydrogens (tertiary/aromatic N) is 3. The first-order valence-electron chi connectivity index (χ1n) is 10.2. The van der Waals surface area contributed by atoms with Gasteiger partial charge in [0.1, 0.15) is 5.75 Å². The lowest BCUT2D eigenvalue weighted by Gasteiger charge is -2.15. The van der Waals surface area contributed by atoms with Crippen molar-refractivity contribution in [2.75, 3.05) is 12.4 Å². The number of aromatic carboxylic acids is 1. The second-order valence-corrected chi connectivity index (χ2v) is 7.62. The SMILES string of the molecule is COc1ccc(-c2nc(Nc3ccc(C(=O)O)cc3)nc(Oc3c(Cl)cccc3C(F)(F)F)n2)cc1. The minimum absolute atomic E-state index is 0.0606. The van der Waals surface area contributed by atoms with Crippen LogP contribution in [0.1, 0.15) is 15.9 Å². The average Bonchev–Trinajstić information content (AvgIpc) is 2.85. The number of rotatable bonds is 7. The summed E-state index contributed by atoms with van der Waals surface area (Å²) in [5, 5.41) is 11.7. The van der Waals surface area contributed by atoms with Crippen molar-refractivity contribution in [2.24, 2.45) is 0 Å². The molecule has 3 aromatic carbocycles. The van der Waals surface area contributed by atoms with Gasteiger partial charge in [-0.2, -0.15) is 28.1 Å². The minimum atomic E-state index is -4.74. The van der Waals surface area contributed by atoms with E-state index in [4.69, 9.17) is 26.2 Å². The molecule has 2 N–H and O–H groups in total. The highest BCUT2D eigenvalue weighted by molar-refractivity contribution is 6.32. The maximum absolute atomic E-state index is 13.5. The van der Waals surface area contributed by atoms with Crippen LogP contribution in [0.15, 0.2) is 66.7 Å². The van der Waals surface area contributed by atoms with E-state index >= 15 is 0 Å². The first-order chi connectivity index (χ1) is 17.1. The number of carbonyl (C=O) groups is 1. The van der Waals surface area contributed by atoms with E-state index in [1.165, 1.54) is 37.4 Å². The van der Waals surface area contributed by atoms with Crippen molar-refractivity contribution in [1.29, 1.82) is 0 Å². The van der Waals surface area contributed by atoms with E-state index in [2.05, 4.69) is 20.3 Å². The smallest absolute Gasteiger partial charge is 0.420 e. The number of aromatic nitrogens is 3. The maximum Gasteiger partial charge on any atom is 0.420 e. The number of anilines is 2. The number of alkyl halides is 3.